The van der Waals surface area contributed by atoms with E-state index >= 15 is 0 Å². The van der Waals surface area contributed by atoms with Crippen LogP contribution >= 0.6 is 34.4 Å². The van der Waals surface area contributed by atoms with Crippen LogP contribution < -0.4 is 20.7 Å². The predicted molar refractivity (Wildman–Crippen MR) is 140 cm³/mol. The molecule has 1 saturated heterocycles. The number of carbonyl (C=O) groups is 4. The van der Waals surface area contributed by atoms with Gasteiger partial charge in [0.1, 0.15) is 42.7 Å². The fourth-order valence-corrected chi connectivity index (χ4v) is 6.91. The standard InChI is InChI=1S/C22H21N7O8S3/c1-9(20(33)34)37-26-14(11-8-40-22(23)24-11)17(31)25-15-18(32)29-16(21(35)36)10(7-39-19(15)29)4-27-5-13-28(2-3-38-13)12(27)6-30/h2-3,5,8-9,15,19,30H,4,6-7H2,1H3,(H4-,23,24,25,31,33,34,35,36)/b26-14-/t9-,15+,19+/m0/s1. The average molecular weight is 608 g/mol. The van der Waals surface area contributed by atoms with E-state index in [1.165, 1.54) is 35.4 Å². The van der Waals surface area contributed by atoms with Crippen molar-refractivity contribution in [3.05, 3.63) is 45.9 Å². The van der Waals surface area contributed by atoms with E-state index in [4.69, 9.17) is 15.7 Å². The normalized spacial score (nSPS) is 19.8. The number of nitrogen functional groups attached to an aromatic ring is 1. The Kier molecular flexibility index (Phi) is 7.49. The number of carboxylic acid groups (broad SMARTS) is 2. The lowest BCUT2D eigenvalue weighted by molar-refractivity contribution is -0.696. The van der Waals surface area contributed by atoms with Gasteiger partial charge in [-0.25, -0.2) is 14.3 Å². The summed E-state index contributed by atoms with van der Waals surface area (Å²) in [4.78, 5) is 60.3. The van der Waals surface area contributed by atoms with E-state index in [9.17, 15) is 29.4 Å². The number of thioether (sulfide) groups is 1. The van der Waals surface area contributed by atoms with Crippen LogP contribution in [0.3, 0.4) is 0 Å². The number of aromatic nitrogens is 3. The molecule has 3 aromatic heterocycles. The molecule has 2 aliphatic rings. The first kappa shape index (κ1) is 27.6. The van der Waals surface area contributed by atoms with Gasteiger partial charge >= 0.3 is 5.97 Å². The Morgan fingerprint density at radius 3 is 2.83 bits per heavy atom. The van der Waals surface area contributed by atoms with Crippen LogP contribution in [0.2, 0.25) is 0 Å². The number of anilines is 1. The van der Waals surface area contributed by atoms with Gasteiger partial charge in [-0.05, 0) is 6.92 Å². The van der Waals surface area contributed by atoms with Crippen LogP contribution in [0.25, 0.3) is 4.83 Å². The van der Waals surface area contributed by atoms with E-state index in [-0.39, 0.29) is 35.4 Å². The number of nitrogens with zero attached hydrogens (tertiary/aromatic N) is 5. The van der Waals surface area contributed by atoms with E-state index in [0.29, 0.717) is 11.4 Å². The molecule has 5 N–H and O–H groups in total. The van der Waals surface area contributed by atoms with Crippen LogP contribution in [-0.2, 0) is 37.2 Å². The molecule has 0 unspecified atom stereocenters. The molecule has 0 aliphatic carbocycles. The van der Waals surface area contributed by atoms with Crippen LogP contribution in [-0.4, -0.2) is 77.2 Å². The highest BCUT2D eigenvalue weighted by Crippen LogP contribution is 2.40. The third kappa shape index (κ3) is 4.89. The summed E-state index contributed by atoms with van der Waals surface area (Å²) in [5.74, 6) is -3.65. The number of rotatable bonds is 10. The number of fused-ring (bicyclic) bond motifs is 2. The Bertz CT molecular complexity index is 1590. The van der Waals surface area contributed by atoms with Crippen molar-refractivity contribution < 1.29 is 43.9 Å². The van der Waals surface area contributed by atoms with Crippen LogP contribution in [0.1, 0.15) is 18.4 Å². The lowest BCUT2D eigenvalue weighted by Gasteiger charge is -2.50. The quantitative estimate of drug-likeness (QED) is 0.0865. The molecule has 0 saturated carbocycles. The smallest absolute Gasteiger partial charge is 0.347 e. The number of aliphatic hydroxyl groups excluding tert-OH is 1. The number of carboxylic acids is 2. The van der Waals surface area contributed by atoms with Crippen molar-refractivity contribution in [2.75, 3.05) is 11.5 Å². The fourth-order valence-electron chi connectivity index (χ4n) is 4.23. The van der Waals surface area contributed by atoms with Gasteiger partial charge in [-0.15, -0.1) is 23.1 Å². The number of thiazole rings is 2. The molecule has 18 heteroatoms. The number of oxime groups is 1. The number of carbonyl (C=O) groups excluding carboxylic acids is 3. The minimum atomic E-state index is -1.54. The van der Waals surface area contributed by atoms with Crippen LogP contribution in [0, 0.1) is 0 Å². The van der Waals surface area contributed by atoms with Gasteiger partial charge in [-0.3, -0.25) is 14.5 Å². The van der Waals surface area contributed by atoms with Crippen LogP contribution in [0.15, 0.2) is 39.6 Å². The summed E-state index contributed by atoms with van der Waals surface area (Å²) in [6.07, 6.45) is 2.20. The first-order chi connectivity index (χ1) is 19.1. The van der Waals surface area contributed by atoms with Crippen LogP contribution in [0.4, 0.5) is 5.13 Å². The number of hydrogen-bond acceptors (Lipinski definition) is 13. The number of hydrogen-bond donors (Lipinski definition) is 4. The third-order valence-corrected chi connectivity index (χ3v) is 8.99. The summed E-state index contributed by atoms with van der Waals surface area (Å²) in [6, 6.07) is -1.10. The lowest BCUT2D eigenvalue weighted by atomic mass is 10.0. The zero-order chi connectivity index (χ0) is 28.7. The molecule has 2 amide bonds. The minimum Gasteiger partial charge on any atom is -0.543 e. The van der Waals surface area contributed by atoms with Crippen molar-refractivity contribution in [2.24, 2.45) is 5.16 Å². The highest BCUT2D eigenvalue weighted by Gasteiger charge is 2.53. The van der Waals surface area contributed by atoms with Crippen molar-refractivity contribution in [3.8, 4) is 0 Å². The van der Waals surface area contributed by atoms with Crippen LogP contribution in [0.5, 0.6) is 0 Å². The molecule has 0 spiro atoms. The number of nitrogens with two attached hydrogens (primary N) is 1. The Morgan fingerprint density at radius 2 is 2.17 bits per heavy atom. The molecule has 40 heavy (non-hydrogen) atoms. The topological polar surface area (TPSA) is 216 Å². The number of nitrogens with one attached hydrogen (secondary N) is 1. The molecule has 2 aliphatic heterocycles. The molecule has 5 rings (SSSR count). The van der Waals surface area contributed by atoms with Gasteiger partial charge in [-0.1, -0.05) is 16.5 Å². The molecule has 0 aromatic carbocycles. The summed E-state index contributed by atoms with van der Waals surface area (Å²) in [7, 11) is 0. The Morgan fingerprint density at radius 1 is 1.40 bits per heavy atom. The summed E-state index contributed by atoms with van der Waals surface area (Å²) < 4.78 is 3.51. The molecule has 3 aromatic rings. The maximum Gasteiger partial charge on any atom is 0.347 e. The summed E-state index contributed by atoms with van der Waals surface area (Å²) in [5.41, 5.74) is 5.39. The minimum absolute atomic E-state index is 0.0132. The molecule has 210 valence electrons. The van der Waals surface area contributed by atoms with Crippen molar-refractivity contribution in [2.45, 2.75) is 37.6 Å². The third-order valence-electron chi connectivity index (χ3n) is 6.17. The summed E-state index contributed by atoms with van der Waals surface area (Å²) in [5, 5.41) is 39.9. The summed E-state index contributed by atoms with van der Waals surface area (Å²) >= 11 is 3.72. The zero-order valence-corrected chi connectivity index (χ0v) is 23.0. The molecule has 1 fully saturated rings. The SMILES string of the molecule is C[C@H](O/N=C(\C(=O)N[C@@H]1C(=O)N2C(C(=O)[O-])=C(C[n+]3cc4sccn4c3CO)CS[C@H]12)c1csc(N)n1)C(=O)O. The second-order valence-corrected chi connectivity index (χ2v) is 11.6. The van der Waals surface area contributed by atoms with Gasteiger partial charge < -0.3 is 36.0 Å². The maximum atomic E-state index is 13.1. The number of imidazole rings is 1. The molecular formula is C22H21N7O8S3. The first-order valence-corrected chi connectivity index (χ1v) is 14.4. The summed E-state index contributed by atoms with van der Waals surface area (Å²) in [6.45, 7) is 1.04. The first-order valence-electron chi connectivity index (χ1n) is 11.5. The van der Waals surface area contributed by atoms with E-state index in [0.717, 1.165) is 21.1 Å². The number of aliphatic hydroxyl groups is 1. The van der Waals surface area contributed by atoms with E-state index in [2.05, 4.69) is 15.5 Å². The molecule has 0 bridgehead atoms. The van der Waals surface area contributed by atoms with Gasteiger partial charge in [-0.2, -0.15) is 4.40 Å². The Hall–Kier alpha value is -4.00. The average Bonchev–Trinajstić information content (AvgIpc) is 3.63. The maximum absolute atomic E-state index is 13.1. The van der Waals surface area contributed by atoms with Gasteiger partial charge in [0.25, 0.3) is 17.6 Å². The highest BCUT2D eigenvalue weighted by atomic mass is 32.2. The number of aliphatic carboxylic acids is 2. The Labute approximate surface area is 237 Å². The van der Waals surface area contributed by atoms with E-state index < -0.39 is 47.0 Å². The molecular weight excluding hydrogens is 586 g/mol. The highest BCUT2D eigenvalue weighted by molar-refractivity contribution is 8.00. The monoisotopic (exact) mass is 607 g/mol. The number of β-lactam (4-membered cyclic amide) rings is 1. The Balaban J connectivity index is 1.37. The second kappa shape index (κ2) is 10.9. The van der Waals surface area contributed by atoms with Crippen molar-refractivity contribution in [1.82, 2.24) is 19.6 Å². The lowest BCUT2D eigenvalue weighted by Crippen LogP contribution is -2.71. The zero-order valence-electron chi connectivity index (χ0n) is 20.5. The predicted octanol–water partition coefficient (Wildman–Crippen LogP) is -1.88. The van der Waals surface area contributed by atoms with Crippen molar-refractivity contribution in [3.63, 3.8) is 0 Å². The van der Waals surface area contributed by atoms with Crippen molar-refractivity contribution in [1.29, 1.82) is 0 Å². The van der Waals surface area contributed by atoms with Gasteiger partial charge in [0, 0.05) is 22.1 Å². The number of amides is 2. The molecule has 0 radical (unpaired) electrons. The fraction of sp³-hybridized carbons (Fsp3) is 0.318. The second-order valence-electron chi connectivity index (χ2n) is 8.64. The van der Waals surface area contributed by atoms with Crippen molar-refractivity contribution >= 4 is 73.9 Å². The van der Waals surface area contributed by atoms with Gasteiger partial charge in [0.05, 0.1) is 11.7 Å². The molecule has 3 atom stereocenters. The van der Waals surface area contributed by atoms with Gasteiger partial charge in [0.2, 0.25) is 10.9 Å². The van der Waals surface area contributed by atoms with E-state index in [1.54, 1.807) is 21.4 Å². The van der Waals surface area contributed by atoms with Gasteiger partial charge in [0.15, 0.2) is 10.8 Å². The molecule has 5 heterocycles. The largest absolute Gasteiger partial charge is 0.543 e. The molecule has 15 nitrogen and oxygen atoms in total. The van der Waals surface area contributed by atoms with E-state index in [1.807, 2.05) is 5.38 Å².